The summed E-state index contributed by atoms with van der Waals surface area (Å²) in [5, 5.41) is 0. The predicted molar refractivity (Wildman–Crippen MR) is 154 cm³/mol. The van der Waals surface area contributed by atoms with E-state index in [1.807, 2.05) is 60.7 Å². The van der Waals surface area contributed by atoms with Crippen molar-refractivity contribution in [2.24, 2.45) is 0 Å². The lowest BCUT2D eigenvalue weighted by molar-refractivity contribution is -0.129. The maximum Gasteiger partial charge on any atom is 0.234 e. The summed E-state index contributed by atoms with van der Waals surface area (Å²) in [4.78, 5) is 16.6. The monoisotopic (exact) mass is 500 g/mol. The highest BCUT2D eigenvalue weighted by molar-refractivity contribution is 5.86. The summed E-state index contributed by atoms with van der Waals surface area (Å²) < 4.78 is 5.35. The largest absolute Gasteiger partial charge is 0.493 e. The fourth-order valence-corrected chi connectivity index (χ4v) is 4.84. The van der Waals surface area contributed by atoms with Crippen molar-refractivity contribution >= 4 is 5.91 Å². The number of amides is 1. The normalized spacial score (nSPS) is 14.4. The molecule has 3 aromatic rings. The lowest BCUT2D eigenvalue weighted by atomic mass is 9.90. The van der Waals surface area contributed by atoms with Gasteiger partial charge in [-0.1, -0.05) is 91.7 Å². The van der Waals surface area contributed by atoms with Gasteiger partial charge in [0.2, 0.25) is 5.91 Å². The molecule has 0 saturated carbocycles. The van der Waals surface area contributed by atoms with Gasteiger partial charge in [-0.25, -0.2) is 0 Å². The second-order valence-corrected chi connectivity index (χ2v) is 10.1. The van der Waals surface area contributed by atoms with Gasteiger partial charge in [-0.3, -0.25) is 4.79 Å². The Balaban J connectivity index is 0.000000169. The van der Waals surface area contributed by atoms with E-state index in [-0.39, 0.29) is 11.8 Å². The van der Waals surface area contributed by atoms with Crippen LogP contribution in [0, 0.1) is 6.92 Å². The molecule has 37 heavy (non-hydrogen) atoms. The zero-order valence-corrected chi connectivity index (χ0v) is 23.2. The number of ether oxygens (including phenoxy) is 1. The molecule has 0 aromatic heterocycles. The molecule has 1 saturated heterocycles. The van der Waals surface area contributed by atoms with Crippen molar-refractivity contribution in [3.8, 4) is 5.75 Å². The predicted octanol–water partition coefficient (Wildman–Crippen LogP) is 6.72. The van der Waals surface area contributed by atoms with Crippen LogP contribution in [0.15, 0.2) is 78.9 Å². The average Bonchev–Trinajstić information content (AvgIpc) is 3.39. The topological polar surface area (TPSA) is 32.8 Å². The number of hydrogen-bond acceptors (Lipinski definition) is 3. The highest BCUT2D eigenvalue weighted by atomic mass is 16.5. The lowest BCUT2D eigenvalue weighted by Crippen LogP contribution is -2.30. The Kier molecular flexibility index (Phi) is 11.7. The molecule has 0 spiro atoms. The number of piperidine rings is 1. The minimum absolute atomic E-state index is 0.104. The molecular weight excluding hydrogens is 456 g/mol. The molecule has 4 nitrogen and oxygen atoms in total. The molecule has 0 bridgehead atoms. The van der Waals surface area contributed by atoms with Gasteiger partial charge >= 0.3 is 0 Å². The Morgan fingerprint density at radius 1 is 0.892 bits per heavy atom. The first kappa shape index (κ1) is 28.5. The van der Waals surface area contributed by atoms with E-state index in [0.29, 0.717) is 0 Å². The zero-order valence-electron chi connectivity index (χ0n) is 23.2. The van der Waals surface area contributed by atoms with Crippen molar-refractivity contribution in [1.82, 2.24) is 9.80 Å². The zero-order chi connectivity index (χ0) is 26.5. The molecule has 1 fully saturated rings. The Morgan fingerprint density at radius 2 is 1.49 bits per heavy atom. The van der Waals surface area contributed by atoms with Gasteiger partial charge in [0.25, 0.3) is 0 Å². The van der Waals surface area contributed by atoms with E-state index in [9.17, 15) is 4.79 Å². The van der Waals surface area contributed by atoms with Crippen LogP contribution in [-0.2, 0) is 11.2 Å². The number of likely N-dealkylation sites (N-methyl/N-ethyl adjacent to an activating group) is 1. The molecule has 0 radical (unpaired) electrons. The lowest BCUT2D eigenvalue weighted by Gasteiger charge is -2.25. The molecule has 0 atom stereocenters. The number of carbonyl (C=O) groups is 1. The fourth-order valence-electron chi connectivity index (χ4n) is 4.84. The van der Waals surface area contributed by atoms with E-state index in [0.717, 1.165) is 29.9 Å². The molecule has 3 aromatic carbocycles. The first-order valence-electron chi connectivity index (χ1n) is 13.7. The molecule has 2 heterocycles. The Bertz CT molecular complexity index is 1020. The molecule has 5 rings (SSSR count). The van der Waals surface area contributed by atoms with Crippen LogP contribution in [0.25, 0.3) is 0 Å². The van der Waals surface area contributed by atoms with Crippen molar-refractivity contribution in [1.29, 1.82) is 0 Å². The number of nitrogens with zero attached hydrogens (tertiary/aromatic N) is 2. The third-order valence-electron chi connectivity index (χ3n) is 6.79. The number of benzene rings is 3. The summed E-state index contributed by atoms with van der Waals surface area (Å²) >= 11 is 0. The minimum atomic E-state index is -0.220. The molecule has 1 amide bonds. The molecule has 0 aliphatic carbocycles. The molecule has 0 unspecified atom stereocenters. The molecule has 0 N–H and O–H groups in total. The molecule has 2 aliphatic heterocycles. The maximum absolute atomic E-state index is 12.4. The smallest absolute Gasteiger partial charge is 0.234 e. The van der Waals surface area contributed by atoms with Crippen molar-refractivity contribution in [3.05, 3.63) is 101 Å². The Hall–Kier alpha value is -3.11. The minimum Gasteiger partial charge on any atom is -0.493 e. The van der Waals surface area contributed by atoms with Crippen molar-refractivity contribution in [2.75, 3.05) is 40.3 Å². The van der Waals surface area contributed by atoms with Crippen LogP contribution in [0.5, 0.6) is 5.75 Å². The van der Waals surface area contributed by atoms with Crippen LogP contribution >= 0.6 is 0 Å². The number of aryl methyl sites for hydroxylation is 1. The van der Waals surface area contributed by atoms with Gasteiger partial charge in [-0.15, -0.1) is 0 Å². The number of fused-ring (bicyclic) bond motifs is 1. The van der Waals surface area contributed by atoms with E-state index in [1.165, 1.54) is 56.4 Å². The number of likely N-dealkylation sites (tertiary alicyclic amines) is 1. The first-order valence-corrected chi connectivity index (χ1v) is 13.7. The highest BCUT2D eigenvalue weighted by Crippen LogP contribution is 2.26. The summed E-state index contributed by atoms with van der Waals surface area (Å²) in [6.07, 6.45) is 6.72. The van der Waals surface area contributed by atoms with E-state index in [2.05, 4.69) is 36.9 Å². The third kappa shape index (κ3) is 9.05. The summed E-state index contributed by atoms with van der Waals surface area (Å²) in [6.45, 7) is 9.26. The van der Waals surface area contributed by atoms with Crippen LogP contribution in [0.4, 0.5) is 0 Å². The van der Waals surface area contributed by atoms with Crippen LogP contribution in [0.1, 0.15) is 60.8 Å². The summed E-state index contributed by atoms with van der Waals surface area (Å²) in [7, 11) is 3.59. The molecule has 2 aliphatic rings. The second kappa shape index (κ2) is 15.2. The summed E-state index contributed by atoms with van der Waals surface area (Å²) in [6, 6.07) is 26.1. The second-order valence-electron chi connectivity index (χ2n) is 10.1. The first-order chi connectivity index (χ1) is 18.0. The summed E-state index contributed by atoms with van der Waals surface area (Å²) in [5.41, 5.74) is 4.74. The maximum atomic E-state index is 12.4. The third-order valence-corrected chi connectivity index (χ3v) is 6.79. The Labute approximate surface area is 224 Å². The molecular formula is C33H44N2O2. The van der Waals surface area contributed by atoms with E-state index in [4.69, 9.17) is 4.74 Å². The van der Waals surface area contributed by atoms with Gasteiger partial charge in [0.1, 0.15) is 5.75 Å². The molecule has 198 valence electrons. The van der Waals surface area contributed by atoms with E-state index >= 15 is 0 Å². The van der Waals surface area contributed by atoms with Crippen molar-refractivity contribution in [3.63, 3.8) is 0 Å². The van der Waals surface area contributed by atoms with Gasteiger partial charge in [0.15, 0.2) is 0 Å². The summed E-state index contributed by atoms with van der Waals surface area (Å²) in [5.74, 6) is 0.959. The van der Waals surface area contributed by atoms with Gasteiger partial charge in [0, 0.05) is 20.5 Å². The van der Waals surface area contributed by atoms with E-state index in [1.54, 1.807) is 19.0 Å². The van der Waals surface area contributed by atoms with Gasteiger partial charge in [0.05, 0.1) is 12.5 Å². The van der Waals surface area contributed by atoms with Crippen LogP contribution in [-0.4, -0.2) is 56.0 Å². The molecule has 4 heteroatoms. The van der Waals surface area contributed by atoms with Crippen molar-refractivity contribution in [2.45, 2.75) is 51.9 Å². The standard InChI is InChI=1S/C16H17NO.C9H10O.C8H17N/c1-17(2)16(18)15(13-9-5-3-6-10-13)14-11-7-4-8-12-14;1-7-2-3-9-8(6-7)4-5-10-9;1-2-6-9-7-4-3-5-8-9/h3-12,15H,1-2H3;2-3,6H,4-5H2,1H3;2-8H2,1H3. The highest BCUT2D eigenvalue weighted by Gasteiger charge is 2.23. The number of hydrogen-bond donors (Lipinski definition) is 0. The SMILES string of the molecule is CCCN1CCCCC1.CN(C)C(=O)C(c1ccccc1)c1ccccc1.Cc1ccc2c(c1)CCO2. The van der Waals surface area contributed by atoms with Gasteiger partial charge in [-0.05, 0) is 68.6 Å². The van der Waals surface area contributed by atoms with Crippen molar-refractivity contribution < 1.29 is 9.53 Å². The average molecular weight is 501 g/mol. The Morgan fingerprint density at radius 3 is 2.03 bits per heavy atom. The van der Waals surface area contributed by atoms with Gasteiger partial charge < -0.3 is 14.5 Å². The number of carbonyl (C=O) groups excluding carboxylic acids is 1. The fraction of sp³-hybridized carbons (Fsp3) is 0.424. The quantitative estimate of drug-likeness (QED) is 0.390. The van der Waals surface area contributed by atoms with Crippen LogP contribution < -0.4 is 4.74 Å². The van der Waals surface area contributed by atoms with E-state index < -0.39 is 0 Å². The number of rotatable bonds is 5. The van der Waals surface area contributed by atoms with Crippen LogP contribution in [0.2, 0.25) is 0 Å². The van der Waals surface area contributed by atoms with Gasteiger partial charge in [-0.2, -0.15) is 0 Å². The van der Waals surface area contributed by atoms with Crippen LogP contribution in [0.3, 0.4) is 0 Å².